The number of ether oxygens (including phenoxy) is 1. The molecule has 3 N–H and O–H groups in total. The number of nitrogen functional groups attached to an aromatic ring is 1. The molecule has 0 radical (unpaired) electrons. The van der Waals surface area contributed by atoms with Crippen molar-refractivity contribution in [2.45, 2.75) is 13.0 Å². The van der Waals surface area contributed by atoms with Crippen LogP contribution < -0.4 is 10.5 Å². The number of likely N-dealkylation sites (N-methyl/N-ethyl adjacent to an activating group) is 1. The molecule has 0 bridgehead atoms. The molecular formula is C30H26N2O4. The smallest absolute Gasteiger partial charge is 0.198 e. The van der Waals surface area contributed by atoms with E-state index in [4.69, 9.17) is 10.5 Å². The van der Waals surface area contributed by atoms with Crippen molar-refractivity contribution in [1.29, 1.82) is 0 Å². The minimum atomic E-state index is -0.433. The Hall–Kier alpha value is -4.42. The molecule has 1 aliphatic rings. The van der Waals surface area contributed by atoms with Gasteiger partial charge < -0.3 is 20.5 Å². The van der Waals surface area contributed by atoms with Crippen molar-refractivity contribution in [3.8, 4) is 17.2 Å². The fraction of sp³-hybridized carbons (Fsp3) is 0.133. The third-order valence-corrected chi connectivity index (χ3v) is 6.41. The molecule has 4 aromatic rings. The minimum Gasteiger partial charge on any atom is -0.507 e. The van der Waals surface area contributed by atoms with Crippen molar-refractivity contribution >= 4 is 17.3 Å². The fourth-order valence-corrected chi connectivity index (χ4v) is 4.50. The Bertz CT molecular complexity index is 1450. The molecule has 0 heterocycles. The average molecular weight is 479 g/mol. The van der Waals surface area contributed by atoms with Crippen LogP contribution in [0.5, 0.6) is 17.2 Å². The molecule has 0 fully saturated rings. The standard InChI is InChI=1S/C30H26N2O4/c1-32(18-20-7-3-2-4-8-20)16-15-19-11-13-21(14-12-19)36-25-17-24(33)26-27(28(25)31)30(35)23-10-6-5-9-22(23)29(26)34/h2-14,17,33H,15-16,18,31H2,1H3. The number of fused-ring (bicyclic) bond motifs is 2. The van der Waals surface area contributed by atoms with E-state index < -0.39 is 11.6 Å². The lowest BCUT2D eigenvalue weighted by Crippen LogP contribution is -2.22. The van der Waals surface area contributed by atoms with Crippen LogP contribution >= 0.6 is 0 Å². The Morgan fingerprint density at radius 1 is 0.806 bits per heavy atom. The Morgan fingerprint density at radius 3 is 2.08 bits per heavy atom. The number of hydrogen-bond acceptors (Lipinski definition) is 6. The number of nitrogens with two attached hydrogens (primary N) is 1. The third-order valence-electron chi connectivity index (χ3n) is 6.41. The third kappa shape index (κ3) is 4.46. The summed E-state index contributed by atoms with van der Waals surface area (Å²) in [6, 6.07) is 25.8. The molecule has 1 aliphatic carbocycles. The number of anilines is 1. The van der Waals surface area contributed by atoms with Gasteiger partial charge in [0.2, 0.25) is 0 Å². The molecule has 6 nitrogen and oxygen atoms in total. The van der Waals surface area contributed by atoms with Gasteiger partial charge in [0.15, 0.2) is 17.3 Å². The summed E-state index contributed by atoms with van der Waals surface area (Å²) in [5.74, 6) is -0.536. The number of nitrogens with zero attached hydrogens (tertiary/aromatic N) is 1. The van der Waals surface area contributed by atoms with Crippen LogP contribution in [-0.2, 0) is 13.0 Å². The molecule has 0 atom stereocenters. The first kappa shape index (κ1) is 23.3. The van der Waals surface area contributed by atoms with Crippen molar-refractivity contribution in [3.05, 3.63) is 118 Å². The van der Waals surface area contributed by atoms with Crippen molar-refractivity contribution in [1.82, 2.24) is 4.90 Å². The van der Waals surface area contributed by atoms with Crippen molar-refractivity contribution in [2.75, 3.05) is 19.3 Å². The van der Waals surface area contributed by atoms with Gasteiger partial charge in [-0.2, -0.15) is 0 Å². The van der Waals surface area contributed by atoms with Gasteiger partial charge >= 0.3 is 0 Å². The molecule has 0 spiro atoms. The zero-order valence-corrected chi connectivity index (χ0v) is 19.9. The van der Waals surface area contributed by atoms with Crippen LogP contribution in [0.3, 0.4) is 0 Å². The van der Waals surface area contributed by atoms with E-state index in [1.54, 1.807) is 24.3 Å². The van der Waals surface area contributed by atoms with Crippen molar-refractivity contribution < 1.29 is 19.4 Å². The number of aromatic hydroxyl groups is 1. The molecule has 6 heteroatoms. The van der Waals surface area contributed by atoms with Crippen LogP contribution in [0.25, 0.3) is 0 Å². The lowest BCUT2D eigenvalue weighted by atomic mass is 9.82. The number of phenolic OH excluding ortho intramolecular Hbond substituents is 1. The Labute approximate surface area is 209 Å². The molecule has 180 valence electrons. The summed E-state index contributed by atoms with van der Waals surface area (Å²) in [5, 5.41) is 10.6. The van der Waals surface area contributed by atoms with Crippen molar-refractivity contribution in [3.63, 3.8) is 0 Å². The number of ketones is 2. The second-order valence-electron chi connectivity index (χ2n) is 8.98. The Balaban J connectivity index is 1.30. The normalized spacial score (nSPS) is 12.4. The summed E-state index contributed by atoms with van der Waals surface area (Å²) in [5.41, 5.74) is 9.16. The first-order valence-corrected chi connectivity index (χ1v) is 11.8. The fourth-order valence-electron chi connectivity index (χ4n) is 4.50. The second-order valence-corrected chi connectivity index (χ2v) is 8.98. The van der Waals surface area contributed by atoms with Gasteiger partial charge in [-0.1, -0.05) is 66.7 Å². The van der Waals surface area contributed by atoms with Gasteiger partial charge in [-0.05, 0) is 36.7 Å². The maximum absolute atomic E-state index is 13.1. The van der Waals surface area contributed by atoms with Gasteiger partial charge in [0.25, 0.3) is 0 Å². The van der Waals surface area contributed by atoms with Gasteiger partial charge in [-0.15, -0.1) is 0 Å². The van der Waals surface area contributed by atoms with Gasteiger partial charge in [0.05, 0.1) is 16.8 Å². The van der Waals surface area contributed by atoms with Crippen molar-refractivity contribution in [2.24, 2.45) is 0 Å². The second kappa shape index (κ2) is 9.68. The average Bonchev–Trinajstić information content (AvgIpc) is 2.89. The highest BCUT2D eigenvalue weighted by atomic mass is 16.5. The number of carbonyl (C=O) groups is 2. The summed E-state index contributed by atoms with van der Waals surface area (Å²) < 4.78 is 5.93. The van der Waals surface area contributed by atoms with E-state index in [1.165, 1.54) is 11.6 Å². The summed E-state index contributed by atoms with van der Waals surface area (Å²) in [6.07, 6.45) is 0.876. The number of rotatable bonds is 7. The number of benzene rings is 4. The molecule has 5 rings (SSSR count). The largest absolute Gasteiger partial charge is 0.507 e. The summed E-state index contributed by atoms with van der Waals surface area (Å²) in [7, 11) is 2.10. The first-order valence-electron chi connectivity index (χ1n) is 11.8. The molecule has 0 aliphatic heterocycles. The predicted molar refractivity (Wildman–Crippen MR) is 139 cm³/mol. The van der Waals surface area contributed by atoms with E-state index in [0.717, 1.165) is 25.1 Å². The molecule has 4 aromatic carbocycles. The lowest BCUT2D eigenvalue weighted by molar-refractivity contribution is 0.0977. The number of phenols is 1. The van der Waals surface area contributed by atoms with E-state index in [0.29, 0.717) is 5.75 Å². The van der Waals surface area contributed by atoms with Crippen LogP contribution in [0.1, 0.15) is 43.0 Å². The van der Waals surface area contributed by atoms with E-state index >= 15 is 0 Å². The van der Waals surface area contributed by atoms with E-state index in [9.17, 15) is 14.7 Å². The molecular weight excluding hydrogens is 452 g/mol. The van der Waals surface area contributed by atoms with Crippen LogP contribution in [-0.4, -0.2) is 35.2 Å². The Kier molecular flexibility index (Phi) is 6.27. The summed E-state index contributed by atoms with van der Waals surface area (Å²) in [6.45, 7) is 1.78. The SMILES string of the molecule is CN(CCc1ccc(Oc2cc(O)c3c(c2N)C(=O)c2ccccc2C3=O)cc1)Cc1ccccc1. The zero-order chi connectivity index (χ0) is 25.2. The quantitative estimate of drug-likeness (QED) is 0.246. The van der Waals surface area contributed by atoms with Crippen LogP contribution in [0.2, 0.25) is 0 Å². The van der Waals surface area contributed by atoms with E-state index in [-0.39, 0.29) is 39.4 Å². The van der Waals surface area contributed by atoms with Crippen LogP contribution in [0, 0.1) is 0 Å². The summed E-state index contributed by atoms with van der Waals surface area (Å²) >= 11 is 0. The highest BCUT2D eigenvalue weighted by molar-refractivity contribution is 6.31. The number of carbonyl (C=O) groups excluding carboxylic acids is 2. The topological polar surface area (TPSA) is 92.9 Å². The molecule has 0 saturated heterocycles. The predicted octanol–water partition coefficient (Wildman–Crippen LogP) is 5.22. The van der Waals surface area contributed by atoms with Crippen LogP contribution in [0.15, 0.2) is 84.9 Å². The van der Waals surface area contributed by atoms with E-state index in [1.807, 2.05) is 42.5 Å². The highest BCUT2D eigenvalue weighted by Gasteiger charge is 2.35. The van der Waals surface area contributed by atoms with Gasteiger partial charge in [0.1, 0.15) is 11.5 Å². The minimum absolute atomic E-state index is 0.0215. The maximum Gasteiger partial charge on any atom is 0.198 e. The first-order chi connectivity index (χ1) is 17.4. The highest BCUT2D eigenvalue weighted by Crippen LogP contribution is 2.42. The molecule has 0 saturated carbocycles. The zero-order valence-electron chi connectivity index (χ0n) is 19.9. The number of hydrogen-bond donors (Lipinski definition) is 2. The maximum atomic E-state index is 13.1. The van der Waals surface area contributed by atoms with Crippen LogP contribution in [0.4, 0.5) is 5.69 Å². The monoisotopic (exact) mass is 478 g/mol. The molecule has 0 aromatic heterocycles. The molecule has 0 amide bonds. The molecule has 0 unspecified atom stereocenters. The summed E-state index contributed by atoms with van der Waals surface area (Å²) in [4.78, 5) is 28.3. The molecule has 36 heavy (non-hydrogen) atoms. The lowest BCUT2D eigenvalue weighted by Gasteiger charge is -2.21. The van der Waals surface area contributed by atoms with Gasteiger partial charge in [-0.3, -0.25) is 9.59 Å². The van der Waals surface area contributed by atoms with Gasteiger partial charge in [-0.25, -0.2) is 0 Å². The van der Waals surface area contributed by atoms with Gasteiger partial charge in [0, 0.05) is 30.3 Å². The Morgan fingerprint density at radius 2 is 1.42 bits per heavy atom. The van der Waals surface area contributed by atoms with E-state index in [2.05, 4.69) is 24.1 Å².